The van der Waals surface area contributed by atoms with E-state index >= 15 is 0 Å². The van der Waals surface area contributed by atoms with Gasteiger partial charge in [-0.05, 0) is 12.8 Å². The van der Waals surface area contributed by atoms with E-state index in [9.17, 15) is 10.1 Å². The molecule has 1 aliphatic rings. The van der Waals surface area contributed by atoms with Gasteiger partial charge < -0.3 is 4.74 Å². The van der Waals surface area contributed by atoms with E-state index in [0.29, 0.717) is 11.7 Å². The number of hydrogen-bond acceptors (Lipinski definition) is 4. The number of ether oxygens (including phenoxy) is 1. The van der Waals surface area contributed by atoms with Gasteiger partial charge in [-0.25, -0.2) is 0 Å². The van der Waals surface area contributed by atoms with Gasteiger partial charge in [0, 0.05) is 17.7 Å². The molecular formula is C9H10N2O3. The standard InChI is InChI=1S/C9H10N2O3/c1-14-9-4-7(6-2-3-6)10-5-8(9)11(12)13/h4-6H,2-3H2,1H3. The second-order valence-corrected chi connectivity index (χ2v) is 3.31. The van der Waals surface area contributed by atoms with E-state index in [-0.39, 0.29) is 5.69 Å². The van der Waals surface area contributed by atoms with Crippen molar-refractivity contribution in [3.8, 4) is 5.75 Å². The molecule has 0 aromatic carbocycles. The lowest BCUT2D eigenvalue weighted by atomic mass is 10.2. The van der Waals surface area contributed by atoms with Gasteiger partial charge >= 0.3 is 5.69 Å². The molecule has 0 unspecified atom stereocenters. The van der Waals surface area contributed by atoms with Crippen LogP contribution in [0.2, 0.25) is 0 Å². The monoisotopic (exact) mass is 194 g/mol. The van der Waals surface area contributed by atoms with E-state index in [1.807, 2.05) is 0 Å². The summed E-state index contributed by atoms with van der Waals surface area (Å²) >= 11 is 0. The smallest absolute Gasteiger partial charge is 0.329 e. The van der Waals surface area contributed by atoms with Crippen molar-refractivity contribution in [1.29, 1.82) is 0 Å². The summed E-state index contributed by atoms with van der Waals surface area (Å²) in [6.07, 6.45) is 3.51. The van der Waals surface area contributed by atoms with Gasteiger partial charge in [0.2, 0.25) is 0 Å². The van der Waals surface area contributed by atoms with E-state index in [0.717, 1.165) is 18.5 Å². The van der Waals surface area contributed by atoms with E-state index in [1.165, 1.54) is 13.3 Å². The zero-order valence-corrected chi connectivity index (χ0v) is 7.77. The maximum atomic E-state index is 10.6. The Morgan fingerprint density at radius 3 is 2.86 bits per heavy atom. The molecule has 0 radical (unpaired) electrons. The van der Waals surface area contributed by atoms with Crippen molar-refractivity contribution >= 4 is 5.69 Å². The average Bonchev–Trinajstić information content (AvgIpc) is 3.00. The summed E-state index contributed by atoms with van der Waals surface area (Å²) in [6, 6.07) is 1.66. The number of nitro groups is 1. The number of hydrogen-bond donors (Lipinski definition) is 0. The zero-order chi connectivity index (χ0) is 10.1. The van der Waals surface area contributed by atoms with Crippen molar-refractivity contribution in [2.75, 3.05) is 7.11 Å². The molecule has 0 amide bonds. The van der Waals surface area contributed by atoms with Gasteiger partial charge in [-0.1, -0.05) is 0 Å². The minimum absolute atomic E-state index is 0.0723. The minimum atomic E-state index is -0.484. The summed E-state index contributed by atoms with van der Waals surface area (Å²) in [5.41, 5.74) is 0.823. The molecule has 0 N–H and O–H groups in total. The van der Waals surface area contributed by atoms with Crippen LogP contribution in [-0.2, 0) is 0 Å². The Hall–Kier alpha value is -1.65. The van der Waals surface area contributed by atoms with Crippen molar-refractivity contribution in [2.45, 2.75) is 18.8 Å². The molecule has 1 aromatic rings. The third-order valence-electron chi connectivity index (χ3n) is 2.28. The molecular weight excluding hydrogens is 184 g/mol. The molecule has 0 saturated heterocycles. The highest BCUT2D eigenvalue weighted by atomic mass is 16.6. The molecule has 1 fully saturated rings. The molecule has 0 aliphatic heterocycles. The second kappa shape index (κ2) is 3.25. The van der Waals surface area contributed by atoms with Crippen molar-refractivity contribution in [3.05, 3.63) is 28.1 Å². The fourth-order valence-corrected chi connectivity index (χ4v) is 1.35. The molecule has 5 heteroatoms. The quantitative estimate of drug-likeness (QED) is 0.544. The van der Waals surface area contributed by atoms with Crippen molar-refractivity contribution in [3.63, 3.8) is 0 Å². The highest BCUT2D eigenvalue weighted by Gasteiger charge is 2.27. The van der Waals surface area contributed by atoms with Gasteiger partial charge in [-0.3, -0.25) is 15.1 Å². The number of methoxy groups -OCH3 is 1. The fourth-order valence-electron chi connectivity index (χ4n) is 1.35. The van der Waals surface area contributed by atoms with E-state index in [1.54, 1.807) is 6.07 Å². The predicted octanol–water partition coefficient (Wildman–Crippen LogP) is 1.88. The largest absolute Gasteiger partial charge is 0.490 e. The first kappa shape index (κ1) is 8.93. The molecule has 14 heavy (non-hydrogen) atoms. The Bertz CT molecular complexity index is 374. The molecule has 1 aliphatic carbocycles. The third kappa shape index (κ3) is 1.53. The normalized spacial score (nSPS) is 15.2. The SMILES string of the molecule is COc1cc(C2CC2)ncc1[N+](=O)[O-]. The maximum absolute atomic E-state index is 10.6. The number of nitrogens with zero attached hydrogens (tertiary/aromatic N) is 2. The van der Waals surface area contributed by atoms with Crippen LogP contribution in [0.4, 0.5) is 5.69 Å². The molecule has 2 rings (SSSR count). The molecule has 1 saturated carbocycles. The Morgan fingerprint density at radius 2 is 2.36 bits per heavy atom. The van der Waals surface area contributed by atoms with Crippen LogP contribution >= 0.6 is 0 Å². The average molecular weight is 194 g/mol. The molecule has 0 spiro atoms. The van der Waals surface area contributed by atoms with Crippen LogP contribution in [0.5, 0.6) is 5.75 Å². The van der Waals surface area contributed by atoms with Gasteiger partial charge in [0.15, 0.2) is 5.75 Å². The summed E-state index contributed by atoms with van der Waals surface area (Å²) in [5.74, 6) is 0.775. The lowest BCUT2D eigenvalue weighted by molar-refractivity contribution is -0.386. The Kier molecular flexibility index (Phi) is 2.07. The molecule has 0 bridgehead atoms. The number of aromatic nitrogens is 1. The van der Waals surface area contributed by atoms with Gasteiger partial charge in [-0.15, -0.1) is 0 Å². The molecule has 74 valence electrons. The van der Waals surface area contributed by atoms with Crippen LogP contribution in [0, 0.1) is 10.1 Å². The van der Waals surface area contributed by atoms with Gasteiger partial charge in [-0.2, -0.15) is 0 Å². The van der Waals surface area contributed by atoms with Crippen molar-refractivity contribution < 1.29 is 9.66 Å². The summed E-state index contributed by atoms with van der Waals surface area (Å²) < 4.78 is 4.94. The first-order valence-corrected chi connectivity index (χ1v) is 4.40. The maximum Gasteiger partial charge on any atom is 0.329 e. The Labute approximate surface area is 80.9 Å². The van der Waals surface area contributed by atoms with Gasteiger partial charge in [0.1, 0.15) is 6.20 Å². The molecule has 1 aromatic heterocycles. The van der Waals surface area contributed by atoms with Crippen LogP contribution in [0.15, 0.2) is 12.3 Å². The molecule has 1 heterocycles. The van der Waals surface area contributed by atoms with Gasteiger partial charge in [0.25, 0.3) is 0 Å². The molecule has 5 nitrogen and oxygen atoms in total. The van der Waals surface area contributed by atoms with E-state index < -0.39 is 4.92 Å². The Balaban J connectivity index is 2.38. The van der Waals surface area contributed by atoms with Crippen LogP contribution < -0.4 is 4.74 Å². The number of rotatable bonds is 3. The van der Waals surface area contributed by atoms with E-state index in [4.69, 9.17) is 4.74 Å². The number of pyridine rings is 1. The molecule has 0 atom stereocenters. The summed E-state index contributed by atoms with van der Waals surface area (Å²) in [7, 11) is 1.43. The predicted molar refractivity (Wildman–Crippen MR) is 49.4 cm³/mol. The lowest BCUT2D eigenvalue weighted by Gasteiger charge is -2.02. The summed E-state index contributed by atoms with van der Waals surface area (Å²) in [5, 5.41) is 10.6. The topological polar surface area (TPSA) is 65.3 Å². The van der Waals surface area contributed by atoms with Crippen LogP contribution in [-0.4, -0.2) is 17.0 Å². The second-order valence-electron chi connectivity index (χ2n) is 3.31. The van der Waals surface area contributed by atoms with Crippen molar-refractivity contribution in [2.24, 2.45) is 0 Å². The fraction of sp³-hybridized carbons (Fsp3) is 0.444. The van der Waals surface area contributed by atoms with Gasteiger partial charge in [0.05, 0.1) is 12.0 Å². The highest BCUT2D eigenvalue weighted by Crippen LogP contribution is 2.41. The van der Waals surface area contributed by atoms with Crippen molar-refractivity contribution in [1.82, 2.24) is 4.98 Å². The lowest BCUT2D eigenvalue weighted by Crippen LogP contribution is -1.96. The summed E-state index contributed by atoms with van der Waals surface area (Å²) in [6.45, 7) is 0. The first-order chi connectivity index (χ1) is 6.72. The van der Waals surface area contributed by atoms with Crippen LogP contribution in [0.25, 0.3) is 0 Å². The van der Waals surface area contributed by atoms with E-state index in [2.05, 4.69) is 4.98 Å². The zero-order valence-electron chi connectivity index (χ0n) is 7.77. The summed E-state index contributed by atoms with van der Waals surface area (Å²) in [4.78, 5) is 14.1. The van der Waals surface area contributed by atoms with Crippen LogP contribution in [0.3, 0.4) is 0 Å². The first-order valence-electron chi connectivity index (χ1n) is 4.40. The third-order valence-corrected chi connectivity index (χ3v) is 2.28. The Morgan fingerprint density at radius 1 is 1.64 bits per heavy atom. The van der Waals surface area contributed by atoms with Crippen LogP contribution in [0.1, 0.15) is 24.5 Å². The highest BCUT2D eigenvalue weighted by molar-refractivity contribution is 5.45. The minimum Gasteiger partial charge on any atom is -0.490 e.